The molecule has 17 heavy (non-hydrogen) atoms. The highest BCUT2D eigenvalue weighted by atomic mass is 16.5. The molecule has 2 rings (SSSR count). The molecule has 1 fully saturated rings. The number of nitrogens with zero attached hydrogens (tertiary/aromatic N) is 1. The summed E-state index contributed by atoms with van der Waals surface area (Å²) in [4.78, 5) is 2.43. The quantitative estimate of drug-likeness (QED) is 0.814. The molecule has 0 atom stereocenters. The molecule has 0 radical (unpaired) electrons. The Bertz CT molecular complexity index is 372. The van der Waals surface area contributed by atoms with Crippen molar-refractivity contribution in [2.45, 2.75) is 38.6 Å². The number of anilines is 2. The molecular formula is C14H22N2O. The van der Waals surface area contributed by atoms with Crippen molar-refractivity contribution >= 4 is 11.4 Å². The van der Waals surface area contributed by atoms with Crippen LogP contribution >= 0.6 is 0 Å². The fourth-order valence-electron chi connectivity index (χ4n) is 2.76. The molecule has 0 saturated heterocycles. The van der Waals surface area contributed by atoms with Crippen molar-refractivity contribution in [2.24, 2.45) is 0 Å². The number of methoxy groups -OCH3 is 1. The zero-order chi connectivity index (χ0) is 12.3. The molecule has 3 heteroatoms. The van der Waals surface area contributed by atoms with Crippen molar-refractivity contribution in [3.05, 3.63) is 18.2 Å². The lowest BCUT2D eigenvalue weighted by Gasteiger charge is -2.31. The van der Waals surface area contributed by atoms with Crippen LogP contribution in [0, 0.1) is 0 Å². The second-order valence-electron chi connectivity index (χ2n) is 4.65. The normalized spacial score (nSPS) is 16.1. The standard InChI is InChI=1S/C14H22N2O/c1-3-16(11-6-4-5-7-11)14-9-8-12(17-2)10-13(14)15/h8-11H,3-7,15H2,1-2H3. The lowest BCUT2D eigenvalue weighted by atomic mass is 10.1. The Kier molecular flexibility index (Phi) is 3.77. The molecule has 0 unspecified atom stereocenters. The minimum atomic E-state index is 0.663. The molecule has 0 spiro atoms. The third-order valence-corrected chi connectivity index (χ3v) is 3.65. The Morgan fingerprint density at radius 1 is 1.35 bits per heavy atom. The average molecular weight is 234 g/mol. The van der Waals surface area contributed by atoms with Crippen molar-refractivity contribution in [1.82, 2.24) is 0 Å². The topological polar surface area (TPSA) is 38.5 Å². The Balaban J connectivity index is 2.23. The first-order chi connectivity index (χ1) is 8.26. The summed E-state index contributed by atoms with van der Waals surface area (Å²) in [6.45, 7) is 3.21. The summed E-state index contributed by atoms with van der Waals surface area (Å²) < 4.78 is 5.19. The molecule has 94 valence electrons. The van der Waals surface area contributed by atoms with E-state index in [9.17, 15) is 0 Å². The van der Waals surface area contributed by atoms with Gasteiger partial charge in [0.25, 0.3) is 0 Å². The number of nitrogen functional groups attached to an aromatic ring is 1. The molecule has 2 N–H and O–H groups in total. The van der Waals surface area contributed by atoms with Crippen LogP contribution in [-0.2, 0) is 0 Å². The Labute approximate surface area is 104 Å². The van der Waals surface area contributed by atoms with Crippen LogP contribution in [-0.4, -0.2) is 19.7 Å². The first-order valence-corrected chi connectivity index (χ1v) is 6.46. The van der Waals surface area contributed by atoms with E-state index in [1.807, 2.05) is 12.1 Å². The molecule has 1 aliphatic rings. The number of benzene rings is 1. The van der Waals surface area contributed by atoms with Gasteiger partial charge in [-0.1, -0.05) is 12.8 Å². The largest absolute Gasteiger partial charge is 0.497 e. The lowest BCUT2D eigenvalue weighted by molar-refractivity contribution is 0.415. The SMILES string of the molecule is CCN(c1ccc(OC)cc1N)C1CCCC1. The van der Waals surface area contributed by atoms with Crippen LogP contribution < -0.4 is 15.4 Å². The van der Waals surface area contributed by atoms with Gasteiger partial charge in [0.1, 0.15) is 5.75 Å². The molecule has 0 amide bonds. The summed E-state index contributed by atoms with van der Waals surface area (Å²) in [5.74, 6) is 0.828. The van der Waals surface area contributed by atoms with Crippen molar-refractivity contribution in [3.63, 3.8) is 0 Å². The van der Waals surface area contributed by atoms with Crippen LogP contribution in [0.4, 0.5) is 11.4 Å². The first kappa shape index (κ1) is 12.1. The highest BCUT2D eigenvalue weighted by Crippen LogP contribution is 2.33. The van der Waals surface area contributed by atoms with Gasteiger partial charge in [-0.3, -0.25) is 0 Å². The van der Waals surface area contributed by atoms with E-state index in [4.69, 9.17) is 10.5 Å². The van der Waals surface area contributed by atoms with Crippen LogP contribution in [0.2, 0.25) is 0 Å². The fraction of sp³-hybridized carbons (Fsp3) is 0.571. The predicted molar refractivity (Wildman–Crippen MR) is 72.7 cm³/mol. The molecule has 1 saturated carbocycles. The molecule has 3 nitrogen and oxygen atoms in total. The minimum Gasteiger partial charge on any atom is -0.497 e. The monoisotopic (exact) mass is 234 g/mol. The highest BCUT2D eigenvalue weighted by Gasteiger charge is 2.22. The van der Waals surface area contributed by atoms with Gasteiger partial charge < -0.3 is 15.4 Å². The first-order valence-electron chi connectivity index (χ1n) is 6.46. The summed E-state index contributed by atoms with van der Waals surface area (Å²) in [5, 5.41) is 0. The summed E-state index contributed by atoms with van der Waals surface area (Å²) in [6.07, 6.45) is 5.27. The Hall–Kier alpha value is -1.38. The number of hydrogen-bond donors (Lipinski definition) is 1. The molecule has 1 aliphatic carbocycles. The van der Waals surface area contributed by atoms with Crippen LogP contribution in [0.15, 0.2) is 18.2 Å². The molecule has 1 aromatic carbocycles. The van der Waals surface area contributed by atoms with Crippen LogP contribution in [0.25, 0.3) is 0 Å². The van der Waals surface area contributed by atoms with Gasteiger partial charge in [-0.2, -0.15) is 0 Å². The van der Waals surface area contributed by atoms with Gasteiger partial charge in [-0.05, 0) is 31.9 Å². The van der Waals surface area contributed by atoms with Gasteiger partial charge in [-0.15, -0.1) is 0 Å². The Morgan fingerprint density at radius 3 is 2.59 bits per heavy atom. The number of hydrogen-bond acceptors (Lipinski definition) is 3. The van der Waals surface area contributed by atoms with E-state index in [-0.39, 0.29) is 0 Å². The summed E-state index contributed by atoms with van der Waals surface area (Å²) in [6, 6.07) is 6.64. The molecular weight excluding hydrogens is 212 g/mol. The second kappa shape index (κ2) is 5.30. The van der Waals surface area contributed by atoms with Gasteiger partial charge in [0.2, 0.25) is 0 Å². The van der Waals surface area contributed by atoms with Crippen molar-refractivity contribution in [1.29, 1.82) is 0 Å². The maximum Gasteiger partial charge on any atom is 0.121 e. The smallest absolute Gasteiger partial charge is 0.121 e. The minimum absolute atomic E-state index is 0.663. The number of ether oxygens (including phenoxy) is 1. The van der Waals surface area contributed by atoms with Gasteiger partial charge in [0.15, 0.2) is 0 Å². The zero-order valence-corrected chi connectivity index (χ0v) is 10.8. The molecule has 0 heterocycles. The van der Waals surface area contributed by atoms with Crippen LogP contribution in [0.3, 0.4) is 0 Å². The average Bonchev–Trinajstić information content (AvgIpc) is 2.85. The van der Waals surface area contributed by atoms with E-state index in [0.717, 1.165) is 23.7 Å². The van der Waals surface area contributed by atoms with Crippen molar-refractivity contribution in [2.75, 3.05) is 24.3 Å². The van der Waals surface area contributed by atoms with E-state index < -0.39 is 0 Å². The van der Waals surface area contributed by atoms with Gasteiger partial charge >= 0.3 is 0 Å². The number of nitrogens with two attached hydrogens (primary N) is 1. The third-order valence-electron chi connectivity index (χ3n) is 3.65. The van der Waals surface area contributed by atoms with Gasteiger partial charge in [0, 0.05) is 18.7 Å². The van der Waals surface area contributed by atoms with E-state index >= 15 is 0 Å². The lowest BCUT2D eigenvalue weighted by Crippen LogP contribution is -2.33. The summed E-state index contributed by atoms with van der Waals surface area (Å²) in [5.41, 5.74) is 8.09. The van der Waals surface area contributed by atoms with Crippen molar-refractivity contribution in [3.8, 4) is 5.75 Å². The maximum atomic E-state index is 6.12. The summed E-state index contributed by atoms with van der Waals surface area (Å²) >= 11 is 0. The second-order valence-corrected chi connectivity index (χ2v) is 4.65. The molecule has 0 bridgehead atoms. The molecule has 1 aromatic rings. The van der Waals surface area contributed by atoms with E-state index in [1.165, 1.54) is 25.7 Å². The molecule has 0 aliphatic heterocycles. The van der Waals surface area contributed by atoms with E-state index in [0.29, 0.717) is 6.04 Å². The van der Waals surface area contributed by atoms with Crippen LogP contribution in [0.5, 0.6) is 5.75 Å². The van der Waals surface area contributed by atoms with Crippen molar-refractivity contribution < 1.29 is 4.74 Å². The van der Waals surface area contributed by atoms with Gasteiger partial charge in [0.05, 0.1) is 18.5 Å². The maximum absolute atomic E-state index is 6.12. The molecule has 0 aromatic heterocycles. The number of rotatable bonds is 4. The Morgan fingerprint density at radius 2 is 2.06 bits per heavy atom. The zero-order valence-electron chi connectivity index (χ0n) is 10.8. The van der Waals surface area contributed by atoms with E-state index in [2.05, 4.69) is 17.9 Å². The fourth-order valence-corrected chi connectivity index (χ4v) is 2.76. The van der Waals surface area contributed by atoms with Gasteiger partial charge in [-0.25, -0.2) is 0 Å². The van der Waals surface area contributed by atoms with E-state index in [1.54, 1.807) is 7.11 Å². The summed E-state index contributed by atoms with van der Waals surface area (Å²) in [7, 11) is 1.67. The highest BCUT2D eigenvalue weighted by molar-refractivity contribution is 5.70. The third kappa shape index (κ3) is 2.48. The predicted octanol–water partition coefficient (Wildman–Crippen LogP) is 3.05. The van der Waals surface area contributed by atoms with Crippen LogP contribution in [0.1, 0.15) is 32.6 Å².